The van der Waals surface area contributed by atoms with Crippen LogP contribution in [0.15, 0.2) is 30.5 Å². The number of carboxylic acid groups (broad SMARTS) is 1. The molecule has 2 aromatic rings. The summed E-state index contributed by atoms with van der Waals surface area (Å²) in [4.78, 5) is 20.1. The maximum Gasteiger partial charge on any atom is 0.339 e. The topological polar surface area (TPSA) is 90.8 Å². The van der Waals surface area contributed by atoms with Crippen molar-refractivity contribution in [1.82, 2.24) is 9.97 Å². The van der Waals surface area contributed by atoms with E-state index >= 15 is 0 Å². The Balaban J connectivity index is 2.60. The normalized spacial score (nSPS) is 11.4. The third kappa shape index (κ3) is 4.30. The number of methoxy groups -OCH3 is 2. The average molecular weight is 358 g/mol. The van der Waals surface area contributed by atoms with Crippen molar-refractivity contribution in [1.29, 1.82) is 0 Å². The van der Waals surface area contributed by atoms with Gasteiger partial charge in [0.05, 0.1) is 20.5 Å². The van der Waals surface area contributed by atoms with Crippen LogP contribution < -0.4 is 9.47 Å². The standard InChI is InChI=1S/C19H22N2O5/c1-11(2)13-7-6-8-14(9-13)26-18-16(15(10-24-4)19(22)23)17(25-5)20-12(3)21-18/h6-11H,1-5H3,(H,22,23)/b15-10-. The van der Waals surface area contributed by atoms with Gasteiger partial charge < -0.3 is 19.3 Å². The van der Waals surface area contributed by atoms with Gasteiger partial charge in [-0.05, 0) is 30.5 Å². The number of nitrogens with zero attached hydrogens (tertiary/aromatic N) is 2. The van der Waals surface area contributed by atoms with Crippen LogP contribution in [0.4, 0.5) is 0 Å². The molecule has 0 saturated heterocycles. The van der Waals surface area contributed by atoms with E-state index in [9.17, 15) is 9.90 Å². The second-order valence-corrected chi connectivity index (χ2v) is 5.86. The summed E-state index contributed by atoms with van der Waals surface area (Å²) >= 11 is 0. The minimum absolute atomic E-state index is 0.0842. The number of hydrogen-bond acceptors (Lipinski definition) is 6. The highest BCUT2D eigenvalue weighted by Gasteiger charge is 2.25. The van der Waals surface area contributed by atoms with Gasteiger partial charge in [-0.15, -0.1) is 0 Å². The molecule has 1 aromatic carbocycles. The second kappa shape index (κ2) is 8.33. The molecule has 0 aliphatic rings. The van der Waals surface area contributed by atoms with Crippen LogP contribution in [0.3, 0.4) is 0 Å². The molecule has 0 amide bonds. The molecule has 0 atom stereocenters. The van der Waals surface area contributed by atoms with E-state index in [-0.39, 0.29) is 22.9 Å². The van der Waals surface area contributed by atoms with Gasteiger partial charge in [-0.1, -0.05) is 26.0 Å². The lowest BCUT2D eigenvalue weighted by atomic mass is 10.0. The number of carbonyl (C=O) groups is 1. The summed E-state index contributed by atoms with van der Waals surface area (Å²) in [5.74, 6) is 0.225. The van der Waals surface area contributed by atoms with Crippen LogP contribution in [0.5, 0.6) is 17.5 Å². The van der Waals surface area contributed by atoms with Crippen molar-refractivity contribution in [3.05, 3.63) is 47.5 Å². The number of aryl methyl sites for hydroxylation is 1. The second-order valence-electron chi connectivity index (χ2n) is 5.86. The van der Waals surface area contributed by atoms with Crippen molar-refractivity contribution in [3.8, 4) is 17.5 Å². The summed E-state index contributed by atoms with van der Waals surface area (Å²) in [7, 11) is 2.76. The van der Waals surface area contributed by atoms with E-state index in [1.165, 1.54) is 14.2 Å². The van der Waals surface area contributed by atoms with Gasteiger partial charge in [-0.25, -0.2) is 4.79 Å². The van der Waals surface area contributed by atoms with Crippen molar-refractivity contribution in [3.63, 3.8) is 0 Å². The Morgan fingerprint density at radius 1 is 1.19 bits per heavy atom. The molecule has 7 heteroatoms. The first-order chi connectivity index (χ1) is 12.4. The van der Waals surface area contributed by atoms with Crippen LogP contribution in [-0.4, -0.2) is 35.3 Å². The van der Waals surface area contributed by atoms with Gasteiger partial charge >= 0.3 is 5.97 Å². The Hall–Kier alpha value is -3.09. The summed E-state index contributed by atoms with van der Waals surface area (Å²) in [5, 5.41) is 9.54. The molecule has 0 saturated carbocycles. The number of ether oxygens (including phenoxy) is 3. The van der Waals surface area contributed by atoms with Crippen LogP contribution in [0.1, 0.15) is 36.7 Å². The Bertz CT molecular complexity index is 831. The van der Waals surface area contributed by atoms with Gasteiger partial charge in [0, 0.05) is 0 Å². The summed E-state index contributed by atoms with van der Waals surface area (Å²) in [6.45, 7) is 5.82. The quantitative estimate of drug-likeness (QED) is 0.595. The Labute approximate surface area is 152 Å². The number of aliphatic carboxylic acids is 1. The lowest BCUT2D eigenvalue weighted by Crippen LogP contribution is -2.08. The molecule has 1 heterocycles. The SMILES string of the molecule is CO/C=C(\C(=O)O)c1c(OC)nc(C)nc1Oc1cccc(C(C)C)c1. The van der Waals surface area contributed by atoms with Gasteiger partial charge in [0.1, 0.15) is 22.7 Å². The van der Waals surface area contributed by atoms with Crippen molar-refractivity contribution in [2.45, 2.75) is 26.7 Å². The maximum atomic E-state index is 11.7. The molecule has 0 spiro atoms. The van der Waals surface area contributed by atoms with Crippen LogP contribution >= 0.6 is 0 Å². The molecule has 0 unspecified atom stereocenters. The predicted molar refractivity (Wildman–Crippen MR) is 96.5 cm³/mol. The molecule has 0 fully saturated rings. The lowest BCUT2D eigenvalue weighted by molar-refractivity contribution is -0.130. The van der Waals surface area contributed by atoms with E-state index in [2.05, 4.69) is 23.8 Å². The zero-order valence-electron chi connectivity index (χ0n) is 15.4. The van der Waals surface area contributed by atoms with E-state index in [1.807, 2.05) is 18.2 Å². The van der Waals surface area contributed by atoms with Crippen LogP contribution in [0.2, 0.25) is 0 Å². The Morgan fingerprint density at radius 3 is 2.46 bits per heavy atom. The van der Waals surface area contributed by atoms with Crippen molar-refractivity contribution < 1.29 is 24.1 Å². The number of hydrogen-bond donors (Lipinski definition) is 1. The van der Waals surface area contributed by atoms with Crippen LogP contribution in [-0.2, 0) is 9.53 Å². The molecule has 0 radical (unpaired) electrons. The number of rotatable bonds is 7. The molecule has 0 aliphatic heterocycles. The minimum atomic E-state index is -1.21. The molecular weight excluding hydrogens is 336 g/mol. The van der Waals surface area contributed by atoms with Gasteiger partial charge in [-0.2, -0.15) is 9.97 Å². The fourth-order valence-electron chi connectivity index (χ4n) is 2.36. The zero-order chi connectivity index (χ0) is 19.3. The largest absolute Gasteiger partial charge is 0.503 e. The van der Waals surface area contributed by atoms with Crippen molar-refractivity contribution >= 4 is 11.5 Å². The lowest BCUT2D eigenvalue weighted by Gasteiger charge is -2.15. The molecule has 0 aliphatic carbocycles. The summed E-state index contributed by atoms with van der Waals surface area (Å²) in [6.07, 6.45) is 1.09. The first-order valence-electron chi connectivity index (χ1n) is 8.04. The smallest absolute Gasteiger partial charge is 0.339 e. The van der Waals surface area contributed by atoms with Crippen molar-refractivity contribution in [2.24, 2.45) is 0 Å². The molecule has 26 heavy (non-hydrogen) atoms. The summed E-state index contributed by atoms with van der Waals surface area (Å²) in [5.41, 5.74) is 1.04. The number of benzene rings is 1. The number of aromatic nitrogens is 2. The fraction of sp³-hybridized carbons (Fsp3) is 0.316. The highest BCUT2D eigenvalue weighted by Crippen LogP contribution is 2.35. The van der Waals surface area contributed by atoms with E-state index < -0.39 is 5.97 Å². The fourth-order valence-corrected chi connectivity index (χ4v) is 2.36. The third-order valence-corrected chi connectivity index (χ3v) is 3.62. The predicted octanol–water partition coefficient (Wildman–Crippen LogP) is 3.78. The molecular formula is C19H22N2O5. The molecule has 7 nitrogen and oxygen atoms in total. The van der Waals surface area contributed by atoms with Crippen molar-refractivity contribution in [2.75, 3.05) is 14.2 Å². The Kier molecular flexibility index (Phi) is 6.16. The van der Waals surface area contributed by atoms with Gasteiger partial charge in [-0.3, -0.25) is 0 Å². The zero-order valence-corrected chi connectivity index (χ0v) is 15.4. The Morgan fingerprint density at radius 2 is 1.88 bits per heavy atom. The highest BCUT2D eigenvalue weighted by atomic mass is 16.5. The molecule has 1 N–H and O–H groups in total. The maximum absolute atomic E-state index is 11.7. The molecule has 2 rings (SSSR count). The highest BCUT2D eigenvalue weighted by molar-refractivity contribution is 6.16. The van der Waals surface area contributed by atoms with E-state index in [4.69, 9.17) is 14.2 Å². The summed E-state index contributed by atoms with van der Waals surface area (Å²) < 4.78 is 16.1. The molecule has 0 bridgehead atoms. The number of carboxylic acids is 1. The first-order valence-corrected chi connectivity index (χ1v) is 8.04. The third-order valence-electron chi connectivity index (χ3n) is 3.62. The van der Waals surface area contributed by atoms with Crippen LogP contribution in [0, 0.1) is 6.92 Å². The van der Waals surface area contributed by atoms with Gasteiger partial charge in [0.2, 0.25) is 11.8 Å². The van der Waals surface area contributed by atoms with E-state index in [1.54, 1.807) is 13.0 Å². The van der Waals surface area contributed by atoms with E-state index in [0.29, 0.717) is 17.5 Å². The minimum Gasteiger partial charge on any atom is -0.503 e. The van der Waals surface area contributed by atoms with Crippen LogP contribution in [0.25, 0.3) is 5.57 Å². The van der Waals surface area contributed by atoms with E-state index in [0.717, 1.165) is 11.8 Å². The first kappa shape index (κ1) is 19.2. The molecule has 1 aromatic heterocycles. The average Bonchev–Trinajstić information content (AvgIpc) is 2.59. The van der Waals surface area contributed by atoms with Gasteiger partial charge in [0.15, 0.2) is 0 Å². The summed E-state index contributed by atoms with van der Waals surface area (Å²) in [6, 6.07) is 7.54. The van der Waals surface area contributed by atoms with Gasteiger partial charge in [0.25, 0.3) is 0 Å². The monoisotopic (exact) mass is 358 g/mol. The molecule has 138 valence electrons.